The fourth-order valence-corrected chi connectivity index (χ4v) is 1.58. The summed E-state index contributed by atoms with van der Waals surface area (Å²) in [6.07, 6.45) is 1.36. The number of carbonyl (C=O) groups is 3. The highest BCUT2D eigenvalue weighted by Gasteiger charge is 2.16. The lowest BCUT2D eigenvalue weighted by Gasteiger charge is -2.09. The second-order valence-corrected chi connectivity index (χ2v) is 4.02. The van der Waals surface area contributed by atoms with Crippen molar-refractivity contribution in [1.29, 1.82) is 0 Å². The Hall–Kier alpha value is -3.09. The molecule has 0 aliphatic heterocycles. The van der Waals surface area contributed by atoms with Crippen molar-refractivity contribution in [1.82, 2.24) is 0 Å². The molecule has 0 saturated carbocycles. The van der Waals surface area contributed by atoms with Crippen molar-refractivity contribution in [2.24, 2.45) is 5.73 Å². The first-order chi connectivity index (χ1) is 10.1. The van der Waals surface area contributed by atoms with E-state index in [0.29, 0.717) is 0 Å². The van der Waals surface area contributed by atoms with Gasteiger partial charge in [0.25, 0.3) is 11.8 Å². The van der Waals surface area contributed by atoms with E-state index in [0.717, 1.165) is 0 Å². The average molecular weight is 288 g/mol. The summed E-state index contributed by atoms with van der Waals surface area (Å²) in [5.41, 5.74) is 5.26. The number of nitrogens with one attached hydrogen (secondary N) is 1. The summed E-state index contributed by atoms with van der Waals surface area (Å²) in [6, 6.07) is 9.29. The SMILES string of the molecule is NC(=O)COC(=O)c1ccccc1NC(=O)c1ccco1. The minimum absolute atomic E-state index is 0.107. The topological polar surface area (TPSA) is 112 Å². The molecule has 7 heteroatoms. The van der Waals surface area contributed by atoms with E-state index in [1.54, 1.807) is 18.2 Å². The Morgan fingerprint density at radius 2 is 1.90 bits per heavy atom. The summed E-state index contributed by atoms with van der Waals surface area (Å²) in [5.74, 6) is -1.92. The molecule has 3 N–H and O–H groups in total. The van der Waals surface area contributed by atoms with Crippen molar-refractivity contribution in [3.63, 3.8) is 0 Å². The van der Waals surface area contributed by atoms with Crippen LogP contribution in [0.4, 0.5) is 5.69 Å². The fraction of sp³-hybridized carbons (Fsp3) is 0.0714. The zero-order valence-corrected chi connectivity index (χ0v) is 10.9. The first-order valence-corrected chi connectivity index (χ1v) is 5.97. The molecule has 0 spiro atoms. The van der Waals surface area contributed by atoms with E-state index in [2.05, 4.69) is 5.32 Å². The molecule has 0 saturated heterocycles. The Bertz CT molecular complexity index is 664. The van der Waals surface area contributed by atoms with E-state index >= 15 is 0 Å². The van der Waals surface area contributed by atoms with Gasteiger partial charge in [-0.2, -0.15) is 0 Å². The number of carbonyl (C=O) groups excluding carboxylic acids is 3. The van der Waals surface area contributed by atoms with E-state index in [9.17, 15) is 14.4 Å². The number of rotatable bonds is 5. The lowest BCUT2D eigenvalue weighted by atomic mass is 10.1. The van der Waals surface area contributed by atoms with Crippen molar-refractivity contribution in [2.45, 2.75) is 0 Å². The second-order valence-electron chi connectivity index (χ2n) is 4.02. The zero-order chi connectivity index (χ0) is 15.2. The number of primary amides is 1. The third kappa shape index (κ3) is 3.69. The molecule has 108 valence electrons. The Morgan fingerprint density at radius 3 is 2.57 bits per heavy atom. The van der Waals surface area contributed by atoms with Crippen LogP contribution in [0.5, 0.6) is 0 Å². The Labute approximate surface area is 119 Å². The molecule has 0 radical (unpaired) electrons. The predicted octanol–water partition coefficient (Wildman–Crippen LogP) is 1.17. The summed E-state index contributed by atoms with van der Waals surface area (Å²) in [6.45, 7) is -0.528. The van der Waals surface area contributed by atoms with Gasteiger partial charge in [-0.05, 0) is 24.3 Å². The maximum Gasteiger partial charge on any atom is 0.340 e. The van der Waals surface area contributed by atoms with Crippen molar-refractivity contribution < 1.29 is 23.5 Å². The standard InChI is InChI=1S/C14H12N2O5/c15-12(17)8-21-14(19)9-4-1-2-5-10(9)16-13(18)11-6-3-7-20-11/h1-7H,8H2,(H2,15,17)(H,16,18). The van der Waals surface area contributed by atoms with Crippen molar-refractivity contribution in [2.75, 3.05) is 11.9 Å². The molecule has 21 heavy (non-hydrogen) atoms. The van der Waals surface area contributed by atoms with Gasteiger partial charge in [0, 0.05) is 0 Å². The van der Waals surface area contributed by atoms with Crippen LogP contribution >= 0.6 is 0 Å². The second kappa shape index (κ2) is 6.38. The molecule has 7 nitrogen and oxygen atoms in total. The molecule has 1 aromatic carbocycles. The van der Waals surface area contributed by atoms with Crippen LogP contribution in [-0.2, 0) is 9.53 Å². The van der Waals surface area contributed by atoms with Crippen LogP contribution in [0.2, 0.25) is 0 Å². The predicted molar refractivity (Wildman–Crippen MR) is 72.6 cm³/mol. The van der Waals surface area contributed by atoms with E-state index < -0.39 is 24.4 Å². The lowest BCUT2D eigenvalue weighted by molar-refractivity contribution is -0.121. The van der Waals surface area contributed by atoms with E-state index in [4.69, 9.17) is 14.9 Å². The van der Waals surface area contributed by atoms with Crippen LogP contribution < -0.4 is 11.1 Å². The molecule has 1 heterocycles. The van der Waals surface area contributed by atoms with Crippen LogP contribution in [-0.4, -0.2) is 24.4 Å². The van der Waals surface area contributed by atoms with E-state index in [1.165, 1.54) is 24.5 Å². The number of esters is 1. The summed E-state index contributed by atoms with van der Waals surface area (Å²) in [4.78, 5) is 34.3. The molecule has 1 aromatic heterocycles. The highest BCUT2D eigenvalue weighted by molar-refractivity contribution is 6.06. The molecule has 0 fully saturated rings. The van der Waals surface area contributed by atoms with Crippen LogP contribution in [0.1, 0.15) is 20.9 Å². The van der Waals surface area contributed by atoms with E-state index in [1.807, 2.05) is 0 Å². The molecule has 2 rings (SSSR count). The Morgan fingerprint density at radius 1 is 1.14 bits per heavy atom. The summed E-state index contributed by atoms with van der Waals surface area (Å²) >= 11 is 0. The number of para-hydroxylation sites is 1. The number of ether oxygens (including phenoxy) is 1. The Balaban J connectivity index is 2.15. The largest absolute Gasteiger partial charge is 0.459 e. The number of benzene rings is 1. The number of furan rings is 1. The maximum absolute atomic E-state index is 11.9. The van der Waals surface area contributed by atoms with Crippen LogP contribution in [0.15, 0.2) is 47.1 Å². The molecular formula is C14H12N2O5. The van der Waals surface area contributed by atoms with Gasteiger partial charge in [0.2, 0.25) is 0 Å². The molecular weight excluding hydrogens is 276 g/mol. The van der Waals surface area contributed by atoms with Crippen LogP contribution in [0.3, 0.4) is 0 Å². The Kier molecular flexibility index (Phi) is 4.35. The smallest absolute Gasteiger partial charge is 0.340 e. The first kappa shape index (κ1) is 14.3. The van der Waals surface area contributed by atoms with Gasteiger partial charge in [0.05, 0.1) is 17.5 Å². The fourth-order valence-electron chi connectivity index (χ4n) is 1.58. The quantitative estimate of drug-likeness (QED) is 0.802. The van der Waals surface area contributed by atoms with Gasteiger partial charge in [-0.1, -0.05) is 12.1 Å². The summed E-state index contributed by atoms with van der Waals surface area (Å²) in [7, 11) is 0. The van der Waals surface area contributed by atoms with Crippen molar-refractivity contribution in [3.8, 4) is 0 Å². The van der Waals surface area contributed by atoms with Crippen LogP contribution in [0.25, 0.3) is 0 Å². The van der Waals surface area contributed by atoms with Crippen molar-refractivity contribution in [3.05, 3.63) is 54.0 Å². The molecule has 0 aliphatic carbocycles. The van der Waals surface area contributed by atoms with Gasteiger partial charge in [0.15, 0.2) is 12.4 Å². The maximum atomic E-state index is 11.9. The third-order valence-electron chi connectivity index (χ3n) is 2.49. The number of nitrogens with two attached hydrogens (primary N) is 1. The van der Waals surface area contributed by atoms with Gasteiger partial charge < -0.3 is 20.2 Å². The molecule has 2 amide bonds. The number of anilines is 1. The monoisotopic (exact) mass is 288 g/mol. The van der Waals surface area contributed by atoms with Gasteiger partial charge >= 0.3 is 5.97 Å². The van der Waals surface area contributed by atoms with Gasteiger partial charge in [-0.25, -0.2) is 4.79 Å². The lowest BCUT2D eigenvalue weighted by Crippen LogP contribution is -2.22. The highest BCUT2D eigenvalue weighted by atomic mass is 16.5. The molecule has 2 aromatic rings. The molecule has 0 atom stereocenters. The minimum atomic E-state index is -0.763. The molecule has 0 aliphatic rings. The highest BCUT2D eigenvalue weighted by Crippen LogP contribution is 2.17. The zero-order valence-electron chi connectivity index (χ0n) is 10.9. The normalized spacial score (nSPS) is 9.90. The third-order valence-corrected chi connectivity index (χ3v) is 2.49. The average Bonchev–Trinajstić information content (AvgIpc) is 2.99. The summed E-state index contributed by atoms with van der Waals surface area (Å²) < 4.78 is 9.67. The number of amides is 2. The molecule has 0 bridgehead atoms. The number of hydrogen-bond acceptors (Lipinski definition) is 5. The number of hydrogen-bond donors (Lipinski definition) is 2. The minimum Gasteiger partial charge on any atom is -0.459 e. The summed E-state index contributed by atoms with van der Waals surface area (Å²) in [5, 5.41) is 2.53. The van der Waals surface area contributed by atoms with Gasteiger partial charge in [-0.15, -0.1) is 0 Å². The van der Waals surface area contributed by atoms with Gasteiger partial charge in [0.1, 0.15) is 0 Å². The first-order valence-electron chi connectivity index (χ1n) is 5.97. The molecule has 0 unspecified atom stereocenters. The van der Waals surface area contributed by atoms with Crippen molar-refractivity contribution >= 4 is 23.5 Å². The van der Waals surface area contributed by atoms with Gasteiger partial charge in [-0.3, -0.25) is 9.59 Å². The van der Waals surface area contributed by atoms with Crippen LogP contribution in [0, 0.1) is 0 Å². The van der Waals surface area contributed by atoms with E-state index in [-0.39, 0.29) is 17.0 Å².